The van der Waals surface area contributed by atoms with Gasteiger partial charge >= 0.3 is 0 Å². The minimum Gasteiger partial charge on any atom is -0.495 e. The number of halogens is 1. The number of nitrogens with one attached hydrogen (secondary N) is 2. The van der Waals surface area contributed by atoms with Gasteiger partial charge in [-0.15, -0.1) is 0 Å². The molecular weight excluding hydrogens is 372 g/mol. The van der Waals surface area contributed by atoms with Gasteiger partial charge in [0.25, 0.3) is 0 Å². The maximum Gasteiger partial charge on any atom is 0.241 e. The van der Waals surface area contributed by atoms with Crippen molar-refractivity contribution >= 4 is 23.2 Å². The van der Waals surface area contributed by atoms with Gasteiger partial charge in [-0.1, -0.05) is 72.3 Å². The molecule has 0 aliphatic carbocycles. The third kappa shape index (κ3) is 4.91. The molecular formula is C23H23ClN2O2. The molecule has 3 aromatic rings. The molecule has 0 unspecified atom stereocenters. The number of carbonyl (C=O) groups excluding carboxylic acids is 1. The second-order valence-electron chi connectivity index (χ2n) is 6.48. The maximum atomic E-state index is 12.8. The fourth-order valence-electron chi connectivity index (χ4n) is 3.02. The predicted molar refractivity (Wildman–Crippen MR) is 114 cm³/mol. The Bertz CT molecular complexity index is 877. The fourth-order valence-corrected chi connectivity index (χ4v) is 3.19. The molecule has 5 heteroatoms. The van der Waals surface area contributed by atoms with E-state index in [1.807, 2.05) is 43.3 Å². The molecule has 0 aromatic heterocycles. The van der Waals surface area contributed by atoms with Crippen molar-refractivity contribution in [1.82, 2.24) is 5.32 Å². The Morgan fingerprint density at radius 3 is 2.04 bits per heavy atom. The van der Waals surface area contributed by atoms with Crippen LogP contribution in [0.2, 0.25) is 5.02 Å². The highest BCUT2D eigenvalue weighted by molar-refractivity contribution is 6.31. The summed E-state index contributed by atoms with van der Waals surface area (Å²) in [6, 6.07) is 24.7. The Hall–Kier alpha value is -2.82. The van der Waals surface area contributed by atoms with Gasteiger partial charge in [-0.2, -0.15) is 0 Å². The summed E-state index contributed by atoms with van der Waals surface area (Å²) < 4.78 is 5.31. The second kappa shape index (κ2) is 9.40. The minimum absolute atomic E-state index is 0.107. The van der Waals surface area contributed by atoms with Crippen LogP contribution in [0.1, 0.15) is 24.1 Å². The number of carbonyl (C=O) groups is 1. The smallest absolute Gasteiger partial charge is 0.241 e. The van der Waals surface area contributed by atoms with Crippen molar-refractivity contribution < 1.29 is 9.53 Å². The number of rotatable bonds is 7. The zero-order valence-electron chi connectivity index (χ0n) is 15.9. The average molecular weight is 395 g/mol. The quantitative estimate of drug-likeness (QED) is 0.589. The van der Waals surface area contributed by atoms with Crippen molar-refractivity contribution in [3.8, 4) is 5.75 Å². The van der Waals surface area contributed by atoms with Crippen molar-refractivity contribution in [1.29, 1.82) is 0 Å². The summed E-state index contributed by atoms with van der Waals surface area (Å²) in [5.41, 5.74) is 2.73. The minimum atomic E-state index is -0.450. The summed E-state index contributed by atoms with van der Waals surface area (Å²) in [4.78, 5) is 12.8. The topological polar surface area (TPSA) is 50.4 Å². The molecule has 0 radical (unpaired) electrons. The summed E-state index contributed by atoms with van der Waals surface area (Å²) in [7, 11) is 1.56. The van der Waals surface area contributed by atoms with Gasteiger partial charge in [-0.05, 0) is 36.2 Å². The summed E-state index contributed by atoms with van der Waals surface area (Å²) >= 11 is 6.06. The van der Waals surface area contributed by atoms with Crippen LogP contribution < -0.4 is 15.4 Å². The van der Waals surface area contributed by atoms with Gasteiger partial charge in [0.05, 0.1) is 24.9 Å². The lowest BCUT2D eigenvalue weighted by Crippen LogP contribution is -2.40. The third-order valence-electron chi connectivity index (χ3n) is 4.50. The van der Waals surface area contributed by atoms with E-state index in [9.17, 15) is 4.79 Å². The Morgan fingerprint density at radius 1 is 0.929 bits per heavy atom. The number of amides is 1. The average Bonchev–Trinajstić information content (AvgIpc) is 2.73. The van der Waals surface area contributed by atoms with Crippen LogP contribution in [-0.4, -0.2) is 19.1 Å². The van der Waals surface area contributed by atoms with Gasteiger partial charge in [-0.25, -0.2) is 0 Å². The number of anilines is 1. The first-order chi connectivity index (χ1) is 13.6. The summed E-state index contributed by atoms with van der Waals surface area (Å²) in [5, 5.41) is 6.87. The van der Waals surface area contributed by atoms with Gasteiger partial charge < -0.3 is 10.1 Å². The summed E-state index contributed by atoms with van der Waals surface area (Å²) in [6.45, 7) is 1.84. The summed E-state index contributed by atoms with van der Waals surface area (Å²) in [5.74, 6) is 0.394. The number of ether oxygens (including phenoxy) is 1. The van der Waals surface area contributed by atoms with Gasteiger partial charge in [0.2, 0.25) is 5.91 Å². The zero-order chi connectivity index (χ0) is 19.9. The molecule has 0 spiro atoms. The molecule has 1 amide bonds. The van der Waals surface area contributed by atoms with Crippen molar-refractivity contribution in [3.63, 3.8) is 0 Å². The van der Waals surface area contributed by atoms with Crippen LogP contribution >= 0.6 is 11.6 Å². The summed E-state index contributed by atoms with van der Waals surface area (Å²) in [6.07, 6.45) is 0. The van der Waals surface area contributed by atoms with E-state index in [1.165, 1.54) is 0 Å². The number of methoxy groups -OCH3 is 1. The van der Waals surface area contributed by atoms with E-state index in [0.717, 1.165) is 11.1 Å². The molecule has 0 heterocycles. The molecule has 4 nitrogen and oxygen atoms in total. The number of hydrogen-bond acceptors (Lipinski definition) is 3. The normalized spacial score (nSPS) is 11.9. The molecule has 0 bridgehead atoms. The highest BCUT2D eigenvalue weighted by atomic mass is 35.5. The maximum absolute atomic E-state index is 12.8. The Labute approximate surface area is 170 Å². The van der Waals surface area contributed by atoms with Crippen molar-refractivity contribution in [3.05, 3.63) is 95.0 Å². The van der Waals surface area contributed by atoms with Gasteiger partial charge in [0.1, 0.15) is 5.75 Å². The molecule has 3 rings (SSSR count). The lowest BCUT2D eigenvalue weighted by molar-refractivity contribution is -0.117. The van der Waals surface area contributed by atoms with E-state index < -0.39 is 6.04 Å². The van der Waals surface area contributed by atoms with Crippen LogP contribution in [0, 0.1) is 0 Å². The monoisotopic (exact) mass is 394 g/mol. The van der Waals surface area contributed by atoms with Gasteiger partial charge in [-0.3, -0.25) is 10.1 Å². The molecule has 1 atom stereocenters. The van der Waals surface area contributed by atoms with Crippen LogP contribution in [-0.2, 0) is 4.79 Å². The predicted octanol–water partition coefficient (Wildman–Crippen LogP) is 5.05. The molecule has 0 saturated carbocycles. The van der Waals surface area contributed by atoms with Crippen molar-refractivity contribution in [2.24, 2.45) is 0 Å². The van der Waals surface area contributed by atoms with Crippen LogP contribution in [0.25, 0.3) is 0 Å². The first-order valence-electron chi connectivity index (χ1n) is 9.09. The standard InChI is InChI=1S/C23H23ClN2O2/c1-16(23(27)26-20-15-19(24)13-14-21(20)28-2)25-22(17-9-5-3-6-10-17)18-11-7-4-8-12-18/h3-16,22,25H,1-2H3,(H,26,27)/t16-/m1/s1. The Kier molecular flexibility index (Phi) is 6.69. The van der Waals surface area contributed by atoms with E-state index >= 15 is 0 Å². The highest BCUT2D eigenvalue weighted by Crippen LogP contribution is 2.28. The highest BCUT2D eigenvalue weighted by Gasteiger charge is 2.21. The van der Waals surface area contributed by atoms with E-state index in [-0.39, 0.29) is 11.9 Å². The second-order valence-corrected chi connectivity index (χ2v) is 6.91. The number of hydrogen-bond donors (Lipinski definition) is 2. The first-order valence-corrected chi connectivity index (χ1v) is 9.46. The molecule has 0 aliphatic rings. The lowest BCUT2D eigenvalue weighted by atomic mass is 9.98. The van der Waals surface area contributed by atoms with E-state index in [0.29, 0.717) is 16.5 Å². The SMILES string of the molecule is COc1ccc(Cl)cc1NC(=O)[C@@H](C)NC(c1ccccc1)c1ccccc1. The van der Waals surface area contributed by atoms with Crippen molar-refractivity contribution in [2.45, 2.75) is 19.0 Å². The lowest BCUT2D eigenvalue weighted by Gasteiger charge is -2.24. The zero-order valence-corrected chi connectivity index (χ0v) is 16.6. The largest absolute Gasteiger partial charge is 0.495 e. The molecule has 144 valence electrons. The Morgan fingerprint density at radius 2 is 1.50 bits per heavy atom. The van der Waals surface area contributed by atoms with Gasteiger partial charge in [0, 0.05) is 5.02 Å². The van der Waals surface area contributed by atoms with E-state index in [2.05, 4.69) is 34.9 Å². The first kappa shape index (κ1) is 19.9. The Balaban J connectivity index is 1.79. The van der Waals surface area contributed by atoms with Crippen LogP contribution in [0.4, 0.5) is 5.69 Å². The van der Waals surface area contributed by atoms with E-state index in [1.54, 1.807) is 25.3 Å². The molecule has 28 heavy (non-hydrogen) atoms. The van der Waals surface area contributed by atoms with Crippen molar-refractivity contribution in [2.75, 3.05) is 12.4 Å². The van der Waals surface area contributed by atoms with Crippen LogP contribution in [0.5, 0.6) is 5.75 Å². The molecule has 3 aromatic carbocycles. The third-order valence-corrected chi connectivity index (χ3v) is 4.73. The molecule has 2 N–H and O–H groups in total. The van der Waals surface area contributed by atoms with Crippen LogP contribution in [0.15, 0.2) is 78.9 Å². The fraction of sp³-hybridized carbons (Fsp3) is 0.174. The molecule has 0 saturated heterocycles. The van der Waals surface area contributed by atoms with Gasteiger partial charge in [0.15, 0.2) is 0 Å². The number of benzene rings is 3. The molecule has 0 aliphatic heterocycles. The molecule has 0 fully saturated rings. The van der Waals surface area contributed by atoms with Crippen LogP contribution in [0.3, 0.4) is 0 Å². The van der Waals surface area contributed by atoms with E-state index in [4.69, 9.17) is 16.3 Å².